The molecule has 4 nitrogen and oxygen atoms in total. The number of halogens is 6. The van der Waals surface area contributed by atoms with Crippen LogP contribution >= 0.6 is 0 Å². The average molecular weight is 256 g/mol. The van der Waals surface area contributed by atoms with Gasteiger partial charge in [-0.1, -0.05) is 0 Å². The summed E-state index contributed by atoms with van der Waals surface area (Å²) in [5.74, 6) is -7.29. The molecule has 0 amide bonds. The Bertz CT molecular complexity index is 263. The predicted molar refractivity (Wildman–Crippen MR) is 35.4 cm³/mol. The molecule has 1 saturated heterocycles. The number of ether oxygens (including phenoxy) is 2. The van der Waals surface area contributed by atoms with E-state index in [1.165, 1.54) is 0 Å². The molecule has 0 radical (unpaired) electrons. The third-order valence-electron chi connectivity index (χ3n) is 1.62. The van der Waals surface area contributed by atoms with Gasteiger partial charge in [0.2, 0.25) is 0 Å². The van der Waals surface area contributed by atoms with E-state index in [1.807, 2.05) is 0 Å². The molecule has 1 rings (SSSR count). The van der Waals surface area contributed by atoms with Crippen molar-refractivity contribution in [3.8, 4) is 0 Å². The summed E-state index contributed by atoms with van der Waals surface area (Å²) in [6.45, 7) is -1.44. The molecule has 10 heteroatoms. The number of rotatable bonds is 1. The van der Waals surface area contributed by atoms with Gasteiger partial charge in [0.1, 0.15) is 0 Å². The third kappa shape index (κ3) is 2.28. The fourth-order valence-electron chi connectivity index (χ4n) is 1.02. The van der Waals surface area contributed by atoms with Crippen molar-refractivity contribution < 1.29 is 46.1 Å². The molecule has 2 N–H and O–H groups in total. The van der Waals surface area contributed by atoms with E-state index < -0.39 is 37.1 Å². The van der Waals surface area contributed by atoms with E-state index in [9.17, 15) is 31.1 Å². The van der Waals surface area contributed by atoms with Gasteiger partial charge in [0.25, 0.3) is 0 Å². The van der Waals surface area contributed by atoms with Gasteiger partial charge in [0, 0.05) is 0 Å². The second-order valence-electron chi connectivity index (χ2n) is 2.64. The highest BCUT2D eigenvalue weighted by atomic mass is 19.4. The maximum absolute atomic E-state index is 12.2. The van der Waals surface area contributed by atoms with Gasteiger partial charge in [0.05, 0.1) is 13.2 Å². The van der Waals surface area contributed by atoms with E-state index in [0.717, 1.165) is 0 Å². The molecule has 0 aromatic rings. The quantitative estimate of drug-likeness (QED) is 0.645. The molecule has 0 spiro atoms. The zero-order chi connectivity index (χ0) is 11.9. The van der Waals surface area contributed by atoms with Crippen molar-refractivity contribution in [1.29, 1.82) is 0 Å². The number of carbonyl (C=O) groups is 1. The Morgan fingerprint density at radius 3 is 1.62 bits per heavy atom. The van der Waals surface area contributed by atoms with E-state index in [-0.39, 0.29) is 5.48 Å². The first-order chi connectivity index (χ1) is 6.61. The molecule has 0 unspecified atom stereocenters. The van der Waals surface area contributed by atoms with Gasteiger partial charge in [-0.3, -0.25) is 4.79 Å². The maximum Gasteiger partial charge on any atom is 0.456 e. The summed E-state index contributed by atoms with van der Waals surface area (Å²) in [5, 5.41) is 0. The van der Waals surface area contributed by atoms with Crippen molar-refractivity contribution in [3.63, 3.8) is 0 Å². The lowest BCUT2D eigenvalue weighted by Gasteiger charge is -2.28. The van der Waals surface area contributed by atoms with Crippen LogP contribution < -0.4 is 0 Å². The van der Waals surface area contributed by atoms with Crippen LogP contribution in [0.25, 0.3) is 0 Å². The molecule has 1 fully saturated rings. The monoisotopic (exact) mass is 256 g/mol. The van der Waals surface area contributed by atoms with Gasteiger partial charge in [-0.2, -0.15) is 26.3 Å². The lowest BCUT2D eigenvalue weighted by atomic mass is 10.1. The fourth-order valence-corrected chi connectivity index (χ4v) is 1.02. The van der Waals surface area contributed by atoms with Gasteiger partial charge >= 0.3 is 23.9 Å². The summed E-state index contributed by atoms with van der Waals surface area (Å²) in [6.07, 6.45) is -11.2. The Balaban J connectivity index is 0.00000225. The zero-order valence-electron chi connectivity index (χ0n) is 7.41. The summed E-state index contributed by atoms with van der Waals surface area (Å²) < 4.78 is 79.8. The van der Waals surface area contributed by atoms with Crippen molar-refractivity contribution in [3.05, 3.63) is 0 Å². The third-order valence-corrected chi connectivity index (χ3v) is 1.62. The molecule has 0 aliphatic carbocycles. The molecule has 0 atom stereocenters. The van der Waals surface area contributed by atoms with E-state index in [2.05, 4.69) is 9.47 Å². The first-order valence-electron chi connectivity index (χ1n) is 3.57. The molecule has 1 aliphatic heterocycles. The molecule has 96 valence electrons. The lowest BCUT2D eigenvalue weighted by molar-refractivity contribution is -0.334. The molecule has 16 heavy (non-hydrogen) atoms. The minimum Gasteiger partial charge on any atom is -0.412 e. The number of hydrogen-bond acceptors (Lipinski definition) is 3. The van der Waals surface area contributed by atoms with Crippen LogP contribution in [0.1, 0.15) is 0 Å². The van der Waals surface area contributed by atoms with Gasteiger partial charge < -0.3 is 14.9 Å². The van der Waals surface area contributed by atoms with Crippen LogP contribution in [-0.2, 0) is 14.3 Å². The van der Waals surface area contributed by atoms with Crippen LogP contribution in [0.15, 0.2) is 0 Å². The number of ketones is 1. The summed E-state index contributed by atoms with van der Waals surface area (Å²) in [6, 6.07) is 0. The van der Waals surface area contributed by atoms with Gasteiger partial charge in [-0.25, -0.2) is 0 Å². The van der Waals surface area contributed by atoms with E-state index in [4.69, 9.17) is 0 Å². The Morgan fingerprint density at radius 2 is 1.38 bits per heavy atom. The van der Waals surface area contributed by atoms with Crippen molar-refractivity contribution in [1.82, 2.24) is 0 Å². The van der Waals surface area contributed by atoms with Crippen LogP contribution in [0.3, 0.4) is 0 Å². The van der Waals surface area contributed by atoms with Gasteiger partial charge in [-0.15, -0.1) is 0 Å². The summed E-state index contributed by atoms with van der Waals surface area (Å²) in [4.78, 5) is 10.5. The first-order valence-corrected chi connectivity index (χ1v) is 3.57. The maximum atomic E-state index is 12.2. The van der Waals surface area contributed by atoms with Crippen LogP contribution in [0.4, 0.5) is 26.3 Å². The molecule has 0 bridgehead atoms. The highest BCUT2D eigenvalue weighted by Gasteiger charge is 2.71. The second kappa shape index (κ2) is 4.18. The Morgan fingerprint density at radius 1 is 1.00 bits per heavy atom. The van der Waals surface area contributed by atoms with E-state index >= 15 is 0 Å². The predicted octanol–water partition coefficient (Wildman–Crippen LogP) is 0.599. The molecule has 0 saturated carbocycles. The first kappa shape index (κ1) is 15.1. The standard InChI is InChI=1S/C6H4F6O3.H2O/c7-5(8,9)3(13)4(6(10,11)12)14-1-2-15-4;/h1-2H2;1H2. The van der Waals surface area contributed by atoms with Crippen molar-refractivity contribution >= 4 is 5.78 Å². The number of carbonyl (C=O) groups excluding carboxylic acids is 1. The lowest BCUT2D eigenvalue weighted by Crippen LogP contribution is -2.57. The Hall–Kier alpha value is -0.870. The molecule has 0 aromatic carbocycles. The summed E-state index contributed by atoms with van der Waals surface area (Å²) >= 11 is 0. The van der Waals surface area contributed by atoms with Crippen molar-refractivity contribution in [2.45, 2.75) is 18.1 Å². The van der Waals surface area contributed by atoms with E-state index in [1.54, 1.807) is 0 Å². The fraction of sp³-hybridized carbons (Fsp3) is 0.833. The largest absolute Gasteiger partial charge is 0.456 e. The van der Waals surface area contributed by atoms with Gasteiger partial charge in [0.15, 0.2) is 0 Å². The molecular weight excluding hydrogens is 250 g/mol. The Labute approximate surface area is 84.4 Å². The highest BCUT2D eigenvalue weighted by molar-refractivity contribution is 5.91. The average Bonchev–Trinajstić information content (AvgIpc) is 2.48. The number of Topliss-reactive ketones (excluding diaryl/α,β-unsaturated/α-hetero) is 1. The smallest absolute Gasteiger partial charge is 0.412 e. The number of alkyl halides is 6. The topological polar surface area (TPSA) is 67.0 Å². The normalized spacial score (nSPS) is 20.4. The van der Waals surface area contributed by atoms with Crippen LogP contribution in [0.2, 0.25) is 0 Å². The minimum atomic E-state index is -5.67. The molecule has 1 aliphatic rings. The molecule has 0 aromatic heterocycles. The highest BCUT2D eigenvalue weighted by Crippen LogP contribution is 2.42. The van der Waals surface area contributed by atoms with Crippen LogP contribution in [0.5, 0.6) is 0 Å². The van der Waals surface area contributed by atoms with Crippen molar-refractivity contribution in [2.24, 2.45) is 0 Å². The molecular formula is C6H6F6O4. The van der Waals surface area contributed by atoms with Crippen LogP contribution in [0, 0.1) is 0 Å². The molecule has 1 heterocycles. The zero-order valence-corrected chi connectivity index (χ0v) is 7.41. The van der Waals surface area contributed by atoms with Crippen LogP contribution in [-0.4, -0.2) is 42.6 Å². The number of hydrogen-bond donors (Lipinski definition) is 0. The van der Waals surface area contributed by atoms with Crippen molar-refractivity contribution in [2.75, 3.05) is 13.2 Å². The summed E-state index contributed by atoms with van der Waals surface area (Å²) in [5.41, 5.74) is 0. The summed E-state index contributed by atoms with van der Waals surface area (Å²) in [7, 11) is 0. The SMILES string of the molecule is O.O=C(C(F)(F)F)C1(C(F)(F)F)OCCO1. The van der Waals surface area contributed by atoms with E-state index in [0.29, 0.717) is 0 Å². The van der Waals surface area contributed by atoms with Gasteiger partial charge in [-0.05, 0) is 0 Å². The Kier molecular flexibility index (Phi) is 3.96. The second-order valence-corrected chi connectivity index (χ2v) is 2.64. The minimum absolute atomic E-state index is 0.